The second-order valence-electron chi connectivity index (χ2n) is 8.64. The van der Waals surface area contributed by atoms with Crippen molar-refractivity contribution in [2.45, 2.75) is 25.3 Å². The summed E-state index contributed by atoms with van der Waals surface area (Å²) in [7, 11) is 2.37. The molecule has 178 valence electrons. The molecule has 35 heavy (non-hydrogen) atoms. The average molecular weight is 473 g/mol. The fourth-order valence-electron chi connectivity index (χ4n) is 4.60. The van der Waals surface area contributed by atoms with Gasteiger partial charge in [-0.25, -0.2) is 9.59 Å². The van der Waals surface area contributed by atoms with Crippen molar-refractivity contribution in [3.8, 4) is 6.07 Å². The third kappa shape index (κ3) is 3.69. The van der Waals surface area contributed by atoms with Gasteiger partial charge in [-0.15, -0.1) is 0 Å². The minimum Gasteiger partial charge on any atom is -0.466 e. The summed E-state index contributed by atoms with van der Waals surface area (Å²) in [6, 6.07) is 15.8. The Hall–Kier alpha value is -4.58. The number of esters is 2. The first-order valence-electron chi connectivity index (χ1n) is 10.8. The Bertz CT molecular complexity index is 1350. The lowest BCUT2D eigenvalue weighted by molar-refractivity contribution is -0.139. The number of anilines is 1. The van der Waals surface area contributed by atoms with E-state index in [4.69, 9.17) is 15.2 Å². The number of benzene rings is 2. The van der Waals surface area contributed by atoms with Crippen LogP contribution in [-0.2, 0) is 24.6 Å². The van der Waals surface area contributed by atoms with Crippen LogP contribution in [0.15, 0.2) is 71.2 Å². The highest BCUT2D eigenvalue weighted by atomic mass is 16.5. The van der Waals surface area contributed by atoms with Crippen LogP contribution in [0, 0.1) is 11.3 Å². The number of methoxy groups -OCH3 is 2. The number of hydrogen-bond acceptors (Lipinski definition) is 8. The van der Waals surface area contributed by atoms with Crippen LogP contribution in [-0.4, -0.2) is 32.1 Å². The van der Waals surface area contributed by atoms with Gasteiger partial charge >= 0.3 is 11.9 Å². The molecule has 2 aromatic rings. The molecule has 0 aliphatic carbocycles. The van der Waals surface area contributed by atoms with E-state index in [1.807, 2.05) is 13.8 Å². The smallest absolute Gasteiger partial charge is 0.355 e. The number of carbonyl (C=O) groups excluding carboxylic acids is 3. The van der Waals surface area contributed by atoms with Crippen LogP contribution in [0.5, 0.6) is 0 Å². The van der Waals surface area contributed by atoms with Crippen LogP contribution < -0.4 is 16.0 Å². The zero-order valence-corrected chi connectivity index (χ0v) is 19.7. The van der Waals surface area contributed by atoms with Gasteiger partial charge in [-0.3, -0.25) is 9.69 Å². The quantitative estimate of drug-likeness (QED) is 0.649. The first-order valence-corrected chi connectivity index (χ1v) is 10.8. The van der Waals surface area contributed by atoms with Crippen LogP contribution >= 0.6 is 0 Å². The number of nitrogens with zero attached hydrogens (tertiary/aromatic N) is 2. The summed E-state index contributed by atoms with van der Waals surface area (Å²) >= 11 is 0. The summed E-state index contributed by atoms with van der Waals surface area (Å²) < 4.78 is 10.1. The van der Waals surface area contributed by atoms with Gasteiger partial charge in [0.25, 0.3) is 5.91 Å². The molecule has 1 unspecified atom stereocenters. The summed E-state index contributed by atoms with van der Waals surface area (Å²) in [6.45, 7) is 3.75. The van der Waals surface area contributed by atoms with Gasteiger partial charge in [-0.05, 0) is 37.1 Å². The van der Waals surface area contributed by atoms with Gasteiger partial charge in [0, 0.05) is 11.3 Å². The highest BCUT2D eigenvalue weighted by molar-refractivity contribution is 6.07. The number of carbonyl (C=O) groups is 3. The molecule has 0 fully saturated rings. The number of allylic oxidation sites excluding steroid dienone is 1. The molecular formula is C26H24N4O5. The van der Waals surface area contributed by atoms with Crippen LogP contribution in [0.2, 0.25) is 0 Å². The Kier molecular flexibility index (Phi) is 5.82. The predicted octanol–water partition coefficient (Wildman–Crippen LogP) is 2.56. The maximum atomic E-state index is 13.1. The highest BCUT2D eigenvalue weighted by Gasteiger charge is 2.44. The number of hydrogen-bond donors (Lipinski definition) is 2. The van der Waals surface area contributed by atoms with E-state index in [0.29, 0.717) is 16.8 Å². The van der Waals surface area contributed by atoms with Crippen molar-refractivity contribution >= 4 is 23.5 Å². The van der Waals surface area contributed by atoms with E-state index in [0.717, 1.165) is 5.56 Å². The van der Waals surface area contributed by atoms with Gasteiger partial charge < -0.3 is 20.5 Å². The number of ether oxygens (including phenoxy) is 2. The minimum atomic E-state index is -0.962. The zero-order chi connectivity index (χ0) is 25.5. The number of nitriles is 1. The van der Waals surface area contributed by atoms with Gasteiger partial charge in [0.1, 0.15) is 11.5 Å². The van der Waals surface area contributed by atoms with Crippen molar-refractivity contribution in [1.29, 1.82) is 5.26 Å². The molecule has 0 saturated heterocycles. The number of amides is 1. The molecule has 4 rings (SSSR count). The van der Waals surface area contributed by atoms with Crippen molar-refractivity contribution in [3.63, 3.8) is 0 Å². The predicted molar refractivity (Wildman–Crippen MR) is 126 cm³/mol. The lowest BCUT2D eigenvalue weighted by atomic mass is 9.81. The van der Waals surface area contributed by atoms with Crippen LogP contribution in [0.4, 0.5) is 5.69 Å². The van der Waals surface area contributed by atoms with Gasteiger partial charge in [0.15, 0.2) is 0 Å². The summed E-state index contributed by atoms with van der Waals surface area (Å²) in [5, 5.41) is 13.0. The van der Waals surface area contributed by atoms with Gasteiger partial charge in [0.05, 0.1) is 42.9 Å². The molecule has 3 N–H and O–H groups in total. The molecule has 9 nitrogen and oxygen atoms in total. The molecule has 1 amide bonds. The van der Waals surface area contributed by atoms with Crippen molar-refractivity contribution in [2.75, 3.05) is 19.1 Å². The summed E-state index contributed by atoms with van der Waals surface area (Å²) in [6.07, 6.45) is 0. The largest absolute Gasteiger partial charge is 0.466 e. The molecule has 2 aliphatic rings. The van der Waals surface area contributed by atoms with Crippen molar-refractivity contribution in [3.05, 3.63) is 87.9 Å². The maximum Gasteiger partial charge on any atom is 0.355 e. The molecule has 0 spiro atoms. The van der Waals surface area contributed by atoms with Crippen LogP contribution in [0.25, 0.3) is 0 Å². The van der Waals surface area contributed by atoms with Crippen LogP contribution in [0.1, 0.15) is 41.3 Å². The summed E-state index contributed by atoms with van der Waals surface area (Å²) in [4.78, 5) is 40.1. The van der Waals surface area contributed by atoms with Gasteiger partial charge in [-0.1, -0.05) is 36.4 Å². The van der Waals surface area contributed by atoms with Crippen LogP contribution in [0.3, 0.4) is 0 Å². The molecule has 2 aliphatic heterocycles. The Balaban J connectivity index is 2.04. The van der Waals surface area contributed by atoms with Crippen molar-refractivity contribution in [1.82, 2.24) is 5.32 Å². The number of rotatable bonds is 4. The van der Waals surface area contributed by atoms with Gasteiger partial charge in [-0.2, -0.15) is 5.26 Å². The molecule has 0 saturated carbocycles. The summed E-state index contributed by atoms with van der Waals surface area (Å²) in [5.74, 6) is -2.98. The maximum absolute atomic E-state index is 13.1. The third-order valence-corrected chi connectivity index (χ3v) is 6.22. The lowest BCUT2D eigenvalue weighted by Crippen LogP contribution is -2.40. The van der Waals surface area contributed by atoms with Crippen molar-refractivity contribution < 1.29 is 23.9 Å². The topological polar surface area (TPSA) is 135 Å². The lowest BCUT2D eigenvalue weighted by Gasteiger charge is -2.36. The second kappa shape index (κ2) is 8.65. The van der Waals surface area contributed by atoms with E-state index in [1.165, 1.54) is 19.1 Å². The second-order valence-corrected chi connectivity index (χ2v) is 8.64. The number of nitrogens with one attached hydrogen (secondary N) is 1. The average Bonchev–Trinajstić information content (AvgIpc) is 3.09. The summed E-state index contributed by atoms with van der Waals surface area (Å²) in [5.41, 5.74) is 7.74. The Morgan fingerprint density at radius 1 is 1.09 bits per heavy atom. The molecule has 0 aromatic heterocycles. The van der Waals surface area contributed by atoms with E-state index >= 15 is 0 Å². The van der Waals surface area contributed by atoms with E-state index in [9.17, 15) is 19.6 Å². The molecule has 2 aromatic carbocycles. The molecule has 9 heteroatoms. The third-order valence-electron chi connectivity index (χ3n) is 6.22. The molecular weight excluding hydrogens is 448 g/mol. The minimum absolute atomic E-state index is 0.0505. The SMILES string of the molecule is COC(=O)C1=C(C(=O)OC)N(c2ccc3c(c2)C(=O)NC3(C)C)C(N)=C(C#N)C1c1ccccc1. The molecule has 0 radical (unpaired) electrons. The number of nitrogens with two attached hydrogens (primary N) is 1. The van der Waals surface area contributed by atoms with E-state index in [2.05, 4.69) is 11.4 Å². The zero-order valence-electron chi connectivity index (χ0n) is 19.7. The first kappa shape index (κ1) is 23.6. The normalized spacial score (nSPS) is 18.5. The molecule has 1 atom stereocenters. The fourth-order valence-corrected chi connectivity index (χ4v) is 4.60. The Labute approximate surface area is 202 Å². The fraction of sp³-hybridized carbons (Fsp3) is 0.231. The molecule has 2 heterocycles. The Morgan fingerprint density at radius 2 is 1.74 bits per heavy atom. The van der Waals surface area contributed by atoms with E-state index in [-0.39, 0.29) is 28.6 Å². The monoisotopic (exact) mass is 472 g/mol. The number of fused-ring (bicyclic) bond motifs is 1. The van der Waals surface area contributed by atoms with Crippen molar-refractivity contribution in [2.24, 2.45) is 5.73 Å². The standard InChI is InChI=1S/C26H24N4O5/c1-26(2)18-11-10-15(12-16(18)23(31)29-26)30-21(25(33)35-4)20(24(32)34-3)19(17(13-27)22(30)28)14-8-6-5-7-9-14/h5-12,19H,28H2,1-4H3,(H,29,31). The van der Waals surface area contributed by atoms with Gasteiger partial charge in [0.2, 0.25) is 0 Å². The van der Waals surface area contributed by atoms with E-state index in [1.54, 1.807) is 48.5 Å². The first-order chi connectivity index (χ1) is 16.7. The highest BCUT2D eigenvalue weighted by Crippen LogP contribution is 2.44. The van der Waals surface area contributed by atoms with E-state index < -0.39 is 23.4 Å². The molecule has 0 bridgehead atoms. The Morgan fingerprint density at radius 3 is 2.34 bits per heavy atom.